The van der Waals surface area contributed by atoms with E-state index in [0.29, 0.717) is 19.6 Å². The van der Waals surface area contributed by atoms with Crippen molar-refractivity contribution in [2.45, 2.75) is 52.9 Å². The number of amides is 2. The molecule has 2 amide bonds. The van der Waals surface area contributed by atoms with E-state index < -0.39 is 0 Å². The first-order valence-electron chi connectivity index (χ1n) is 8.49. The molecule has 1 aromatic rings. The fourth-order valence-electron chi connectivity index (χ4n) is 3.46. The molecule has 1 saturated heterocycles. The average Bonchev–Trinajstić information content (AvgIpc) is 2.91. The summed E-state index contributed by atoms with van der Waals surface area (Å²) in [5, 5.41) is 16.5. The number of piperidine rings is 1. The van der Waals surface area contributed by atoms with Gasteiger partial charge in [-0.25, -0.2) is 4.79 Å². The summed E-state index contributed by atoms with van der Waals surface area (Å²) in [6, 6.07) is -0.0220. The molecule has 0 spiro atoms. The van der Waals surface area contributed by atoms with Gasteiger partial charge < -0.3 is 19.8 Å². The van der Waals surface area contributed by atoms with Crippen molar-refractivity contribution < 1.29 is 14.4 Å². The number of hydrogen-bond donors (Lipinski definition) is 2. The van der Waals surface area contributed by atoms with Crippen LogP contribution in [0.4, 0.5) is 4.79 Å². The number of carbonyl (C=O) groups excluding carboxylic acids is 1. The van der Waals surface area contributed by atoms with Gasteiger partial charge in [0, 0.05) is 37.7 Å². The van der Waals surface area contributed by atoms with Gasteiger partial charge in [-0.3, -0.25) is 0 Å². The van der Waals surface area contributed by atoms with Crippen molar-refractivity contribution in [3.05, 3.63) is 17.0 Å². The number of likely N-dealkylation sites (tertiary alicyclic amines) is 1. The third kappa shape index (κ3) is 3.86. The lowest BCUT2D eigenvalue weighted by Gasteiger charge is -2.40. The first kappa shape index (κ1) is 17.8. The lowest BCUT2D eigenvalue weighted by atomic mass is 9.77. The molecule has 1 fully saturated rings. The fraction of sp³-hybridized carbons (Fsp3) is 0.765. The molecule has 2 heterocycles. The Labute approximate surface area is 138 Å². The van der Waals surface area contributed by atoms with Gasteiger partial charge in [-0.1, -0.05) is 19.0 Å². The van der Waals surface area contributed by atoms with E-state index in [9.17, 15) is 9.90 Å². The van der Waals surface area contributed by atoms with E-state index in [2.05, 4.69) is 24.3 Å². The van der Waals surface area contributed by atoms with E-state index in [0.717, 1.165) is 36.3 Å². The van der Waals surface area contributed by atoms with Gasteiger partial charge in [0.05, 0.1) is 5.69 Å². The van der Waals surface area contributed by atoms with Crippen LogP contribution in [0.2, 0.25) is 0 Å². The molecule has 2 N–H and O–H groups in total. The van der Waals surface area contributed by atoms with Crippen LogP contribution in [0, 0.1) is 19.3 Å². The monoisotopic (exact) mass is 323 g/mol. The summed E-state index contributed by atoms with van der Waals surface area (Å²) in [6.07, 6.45) is 2.70. The van der Waals surface area contributed by atoms with Crippen LogP contribution < -0.4 is 5.32 Å². The number of rotatable bonds is 5. The van der Waals surface area contributed by atoms with Crippen LogP contribution in [0.3, 0.4) is 0 Å². The highest BCUT2D eigenvalue weighted by molar-refractivity contribution is 5.74. The topological polar surface area (TPSA) is 78.6 Å². The molecule has 23 heavy (non-hydrogen) atoms. The number of nitrogens with zero attached hydrogens (tertiary/aromatic N) is 2. The number of aromatic nitrogens is 1. The minimum absolute atomic E-state index is 0.000752. The van der Waals surface area contributed by atoms with Crippen LogP contribution in [0.15, 0.2) is 4.52 Å². The van der Waals surface area contributed by atoms with Crippen LogP contribution in [-0.4, -0.2) is 47.4 Å². The molecule has 0 radical (unpaired) electrons. The van der Waals surface area contributed by atoms with E-state index >= 15 is 0 Å². The summed E-state index contributed by atoms with van der Waals surface area (Å²) >= 11 is 0. The van der Waals surface area contributed by atoms with Gasteiger partial charge in [-0.15, -0.1) is 0 Å². The Kier molecular flexibility index (Phi) is 5.68. The zero-order chi connectivity index (χ0) is 17.0. The van der Waals surface area contributed by atoms with E-state index in [1.807, 2.05) is 18.7 Å². The van der Waals surface area contributed by atoms with E-state index in [-0.39, 0.29) is 24.0 Å². The molecule has 0 aromatic carbocycles. The third-order valence-corrected chi connectivity index (χ3v) is 5.34. The maximum Gasteiger partial charge on any atom is 0.317 e. The number of urea groups is 1. The highest BCUT2D eigenvalue weighted by Gasteiger charge is 2.33. The molecule has 6 nitrogen and oxygen atoms in total. The van der Waals surface area contributed by atoms with Crippen LogP contribution >= 0.6 is 0 Å². The van der Waals surface area contributed by atoms with Crippen molar-refractivity contribution in [3.8, 4) is 0 Å². The molecule has 0 saturated carbocycles. The molecule has 1 aromatic heterocycles. The fourth-order valence-corrected chi connectivity index (χ4v) is 3.46. The molecule has 1 atom stereocenters. The normalized spacial score (nSPS) is 18.7. The lowest BCUT2D eigenvalue weighted by molar-refractivity contribution is 0.0519. The van der Waals surface area contributed by atoms with Gasteiger partial charge in [0.2, 0.25) is 0 Å². The summed E-state index contributed by atoms with van der Waals surface area (Å²) in [6.45, 7) is 10.2. The number of aliphatic hydroxyl groups is 1. The van der Waals surface area contributed by atoms with Gasteiger partial charge >= 0.3 is 6.03 Å². The number of carbonyl (C=O) groups is 1. The number of hydrogen-bond acceptors (Lipinski definition) is 4. The second kappa shape index (κ2) is 7.34. The number of nitrogens with one attached hydrogen (secondary N) is 1. The zero-order valence-corrected chi connectivity index (χ0v) is 14.7. The second-order valence-corrected chi connectivity index (χ2v) is 6.82. The third-order valence-electron chi connectivity index (χ3n) is 5.34. The van der Waals surface area contributed by atoms with Gasteiger partial charge in [0.25, 0.3) is 0 Å². The van der Waals surface area contributed by atoms with Gasteiger partial charge in [-0.05, 0) is 38.5 Å². The Morgan fingerprint density at radius 2 is 2.09 bits per heavy atom. The SMILES string of the molecule is CCC1(CO)CCN(C(=O)NCC(C)c2c(C)noc2C)CC1. The molecular formula is C17H29N3O3. The quantitative estimate of drug-likeness (QED) is 0.873. The summed E-state index contributed by atoms with van der Waals surface area (Å²) in [4.78, 5) is 14.2. The van der Waals surface area contributed by atoms with Crippen molar-refractivity contribution in [3.63, 3.8) is 0 Å². The van der Waals surface area contributed by atoms with Gasteiger partial charge in [-0.2, -0.15) is 0 Å². The molecule has 1 unspecified atom stereocenters. The Morgan fingerprint density at radius 1 is 1.43 bits per heavy atom. The van der Waals surface area contributed by atoms with E-state index in [4.69, 9.17) is 4.52 Å². The lowest BCUT2D eigenvalue weighted by Crippen LogP contribution is -2.48. The van der Waals surface area contributed by atoms with Crippen molar-refractivity contribution >= 4 is 6.03 Å². The number of aliphatic hydroxyl groups excluding tert-OH is 1. The molecule has 1 aliphatic heterocycles. The van der Waals surface area contributed by atoms with Crippen molar-refractivity contribution in [2.75, 3.05) is 26.2 Å². The van der Waals surface area contributed by atoms with Crippen LogP contribution in [-0.2, 0) is 0 Å². The van der Waals surface area contributed by atoms with Gasteiger partial charge in [0.15, 0.2) is 0 Å². The minimum Gasteiger partial charge on any atom is -0.396 e. The highest BCUT2D eigenvalue weighted by atomic mass is 16.5. The maximum absolute atomic E-state index is 12.3. The smallest absolute Gasteiger partial charge is 0.317 e. The zero-order valence-electron chi connectivity index (χ0n) is 14.7. The maximum atomic E-state index is 12.3. The molecule has 0 aliphatic carbocycles. The minimum atomic E-state index is -0.0220. The Bertz CT molecular complexity index is 508. The summed E-state index contributed by atoms with van der Waals surface area (Å²) < 4.78 is 5.19. The summed E-state index contributed by atoms with van der Waals surface area (Å²) in [5.74, 6) is 0.986. The Morgan fingerprint density at radius 3 is 2.57 bits per heavy atom. The molecule has 1 aliphatic rings. The standard InChI is InChI=1S/C17H29N3O3/c1-5-17(11-21)6-8-20(9-7-17)16(22)18-10-12(2)15-13(3)19-23-14(15)4/h12,21H,5-11H2,1-4H3,(H,18,22). The second-order valence-electron chi connectivity index (χ2n) is 6.82. The predicted molar refractivity (Wildman–Crippen MR) is 88.4 cm³/mol. The highest BCUT2D eigenvalue weighted by Crippen LogP contribution is 2.34. The Hall–Kier alpha value is -1.56. The van der Waals surface area contributed by atoms with Gasteiger partial charge in [0.1, 0.15) is 5.76 Å². The molecule has 2 rings (SSSR count). The summed E-state index contributed by atoms with van der Waals surface area (Å²) in [7, 11) is 0. The first-order valence-corrected chi connectivity index (χ1v) is 8.49. The summed E-state index contributed by atoms with van der Waals surface area (Å²) in [5.41, 5.74) is 1.97. The molecule has 130 valence electrons. The van der Waals surface area contributed by atoms with Crippen molar-refractivity contribution in [1.82, 2.24) is 15.4 Å². The predicted octanol–water partition coefficient (Wildman–Crippen LogP) is 2.59. The molecule has 6 heteroatoms. The molecular weight excluding hydrogens is 294 g/mol. The number of aryl methyl sites for hydroxylation is 2. The van der Waals surface area contributed by atoms with E-state index in [1.165, 1.54) is 0 Å². The van der Waals surface area contributed by atoms with E-state index in [1.54, 1.807) is 0 Å². The molecule has 0 bridgehead atoms. The van der Waals surface area contributed by atoms with Crippen LogP contribution in [0.1, 0.15) is 56.0 Å². The van der Waals surface area contributed by atoms with Crippen molar-refractivity contribution in [2.24, 2.45) is 5.41 Å². The Balaban J connectivity index is 1.84. The van der Waals surface area contributed by atoms with Crippen LogP contribution in [0.25, 0.3) is 0 Å². The van der Waals surface area contributed by atoms with Crippen LogP contribution in [0.5, 0.6) is 0 Å². The largest absolute Gasteiger partial charge is 0.396 e. The van der Waals surface area contributed by atoms with Crippen molar-refractivity contribution in [1.29, 1.82) is 0 Å². The first-order chi connectivity index (χ1) is 10.9. The average molecular weight is 323 g/mol.